The number of hydrogen-bond donors (Lipinski definition) is 0. The molecule has 1 aliphatic heterocycles. The maximum absolute atomic E-state index is 13.5. The Kier molecular flexibility index (Phi) is 6.49. The summed E-state index contributed by atoms with van der Waals surface area (Å²) in [7, 11) is 0. The second kappa shape index (κ2) is 9.27. The second-order valence-corrected chi connectivity index (χ2v) is 8.07. The van der Waals surface area contributed by atoms with Crippen molar-refractivity contribution in [2.24, 2.45) is 5.92 Å². The van der Waals surface area contributed by atoms with Crippen LogP contribution in [0.25, 0.3) is 0 Å². The van der Waals surface area contributed by atoms with Crippen LogP contribution in [0.1, 0.15) is 54.5 Å². The van der Waals surface area contributed by atoms with Gasteiger partial charge in [-0.05, 0) is 54.9 Å². The van der Waals surface area contributed by atoms with Gasteiger partial charge in [-0.25, -0.2) is 23.1 Å². The summed E-state index contributed by atoms with van der Waals surface area (Å²) < 4.78 is 52.2. The Bertz CT molecular complexity index is 852. The van der Waals surface area contributed by atoms with Crippen LogP contribution >= 0.6 is 0 Å². The van der Waals surface area contributed by atoms with Gasteiger partial charge in [-0.3, -0.25) is 0 Å². The van der Waals surface area contributed by atoms with Gasteiger partial charge in [0.1, 0.15) is 5.82 Å². The van der Waals surface area contributed by atoms with E-state index in [0.29, 0.717) is 25.2 Å². The van der Waals surface area contributed by atoms with Crippen LogP contribution in [0, 0.1) is 23.4 Å². The summed E-state index contributed by atoms with van der Waals surface area (Å²) in [4.78, 5) is 8.67. The maximum Gasteiger partial charge on any atom is 0.194 e. The van der Waals surface area contributed by atoms with Gasteiger partial charge in [0.2, 0.25) is 0 Å². The van der Waals surface area contributed by atoms with Gasteiger partial charge >= 0.3 is 0 Å². The Balaban J connectivity index is 1.29. The van der Waals surface area contributed by atoms with Gasteiger partial charge in [-0.2, -0.15) is 0 Å². The Hall–Kier alpha value is -2.25. The first-order chi connectivity index (χ1) is 14.5. The van der Waals surface area contributed by atoms with Crippen molar-refractivity contribution in [1.29, 1.82) is 0 Å². The van der Waals surface area contributed by atoms with Gasteiger partial charge in [-0.15, -0.1) is 6.58 Å². The van der Waals surface area contributed by atoms with Gasteiger partial charge in [0.25, 0.3) is 0 Å². The lowest BCUT2D eigenvalue weighted by Crippen LogP contribution is -2.37. The zero-order valence-corrected chi connectivity index (χ0v) is 16.7. The first-order valence-corrected chi connectivity index (χ1v) is 10.3. The van der Waals surface area contributed by atoms with E-state index < -0.39 is 17.5 Å². The average Bonchev–Trinajstić information content (AvgIpc) is 2.78. The van der Waals surface area contributed by atoms with Crippen LogP contribution in [0.4, 0.5) is 13.2 Å². The molecule has 2 heterocycles. The molecule has 1 saturated carbocycles. The predicted molar refractivity (Wildman–Crippen MR) is 105 cm³/mol. The molecule has 30 heavy (non-hydrogen) atoms. The van der Waals surface area contributed by atoms with Crippen molar-refractivity contribution in [3.8, 4) is 0 Å². The van der Waals surface area contributed by atoms with Crippen molar-refractivity contribution in [1.82, 2.24) is 9.97 Å². The van der Waals surface area contributed by atoms with Gasteiger partial charge in [0.15, 0.2) is 23.7 Å². The second-order valence-electron chi connectivity index (χ2n) is 8.07. The molecule has 2 aliphatic rings. The number of hydrogen-bond acceptors (Lipinski definition) is 4. The molecule has 0 spiro atoms. The standard InChI is InChI=1S/C23H25F3N2O2/c1-2-3-21-27-10-17(11-28-21)18-12-29-23(30-13-18)15-6-4-14(5-7-15)16-8-19(24)22(26)20(25)9-16/h2,8-11,14-15,18,23H,1,3-7,12-13H2. The fourth-order valence-electron chi connectivity index (χ4n) is 4.33. The average molecular weight is 418 g/mol. The van der Waals surface area contributed by atoms with Gasteiger partial charge in [-0.1, -0.05) is 6.08 Å². The summed E-state index contributed by atoms with van der Waals surface area (Å²) in [5.41, 5.74) is 1.51. The molecule has 0 unspecified atom stereocenters. The van der Waals surface area contributed by atoms with Crippen molar-refractivity contribution in [2.75, 3.05) is 13.2 Å². The quantitative estimate of drug-likeness (QED) is 0.503. The van der Waals surface area contributed by atoms with E-state index in [-0.39, 0.29) is 24.0 Å². The molecule has 0 atom stereocenters. The third-order valence-corrected chi connectivity index (χ3v) is 6.08. The van der Waals surface area contributed by atoms with E-state index in [1.165, 1.54) is 0 Å². The lowest BCUT2D eigenvalue weighted by molar-refractivity contribution is -0.217. The first-order valence-electron chi connectivity index (χ1n) is 10.3. The molecule has 7 heteroatoms. The highest BCUT2D eigenvalue weighted by atomic mass is 19.2. The molecule has 1 aromatic carbocycles. The summed E-state index contributed by atoms with van der Waals surface area (Å²) in [6.07, 6.45) is 8.96. The molecule has 4 nitrogen and oxygen atoms in total. The number of allylic oxidation sites excluding steroid dienone is 1. The summed E-state index contributed by atoms with van der Waals surface area (Å²) in [5, 5.41) is 0. The van der Waals surface area contributed by atoms with E-state index in [0.717, 1.165) is 49.2 Å². The molecule has 0 radical (unpaired) electrons. The molecular weight excluding hydrogens is 393 g/mol. The monoisotopic (exact) mass is 418 g/mol. The normalized spacial score (nSPS) is 27.0. The molecule has 1 aromatic heterocycles. The number of rotatable bonds is 5. The zero-order chi connectivity index (χ0) is 21.1. The minimum atomic E-state index is -1.41. The molecule has 2 aromatic rings. The predicted octanol–water partition coefficient (Wildman–Crippen LogP) is 5.05. The minimum Gasteiger partial charge on any atom is -0.352 e. The summed E-state index contributed by atoms with van der Waals surface area (Å²) in [6, 6.07) is 2.23. The fourth-order valence-corrected chi connectivity index (χ4v) is 4.33. The summed E-state index contributed by atoms with van der Waals surface area (Å²) in [6.45, 7) is 4.78. The van der Waals surface area contributed by atoms with Crippen molar-refractivity contribution in [3.63, 3.8) is 0 Å². The molecule has 1 saturated heterocycles. The number of halogens is 3. The van der Waals surface area contributed by atoms with E-state index in [1.54, 1.807) is 6.08 Å². The Morgan fingerprint density at radius 3 is 2.07 bits per heavy atom. The van der Waals surface area contributed by atoms with Crippen LogP contribution in [0.5, 0.6) is 0 Å². The SMILES string of the molecule is C=CCc1ncc(C2COC(C3CCC(c4cc(F)c(F)c(F)c4)CC3)OC2)cn1. The van der Waals surface area contributed by atoms with E-state index in [1.807, 2.05) is 12.4 Å². The zero-order valence-electron chi connectivity index (χ0n) is 16.7. The number of ether oxygens (including phenoxy) is 2. The Labute approximate surface area is 174 Å². The van der Waals surface area contributed by atoms with Crippen LogP contribution < -0.4 is 0 Å². The Morgan fingerprint density at radius 2 is 1.50 bits per heavy atom. The number of nitrogens with zero attached hydrogens (tertiary/aromatic N) is 2. The van der Waals surface area contributed by atoms with E-state index in [4.69, 9.17) is 9.47 Å². The van der Waals surface area contributed by atoms with Crippen molar-refractivity contribution >= 4 is 0 Å². The molecule has 2 fully saturated rings. The molecule has 160 valence electrons. The van der Waals surface area contributed by atoms with Crippen LogP contribution in [-0.2, 0) is 15.9 Å². The minimum absolute atomic E-state index is 0.0217. The molecule has 0 amide bonds. The lowest BCUT2D eigenvalue weighted by Gasteiger charge is -2.37. The van der Waals surface area contributed by atoms with E-state index in [2.05, 4.69) is 16.5 Å². The Morgan fingerprint density at radius 1 is 0.900 bits per heavy atom. The molecule has 4 rings (SSSR count). The molecule has 1 aliphatic carbocycles. The first kappa shape index (κ1) is 21.0. The lowest BCUT2D eigenvalue weighted by atomic mass is 9.78. The van der Waals surface area contributed by atoms with E-state index >= 15 is 0 Å². The van der Waals surface area contributed by atoms with Crippen LogP contribution in [0.15, 0.2) is 37.2 Å². The van der Waals surface area contributed by atoms with Crippen molar-refractivity contribution < 1.29 is 22.6 Å². The van der Waals surface area contributed by atoms with Gasteiger partial charge in [0, 0.05) is 30.7 Å². The number of benzene rings is 1. The smallest absolute Gasteiger partial charge is 0.194 e. The van der Waals surface area contributed by atoms with Crippen molar-refractivity contribution in [3.05, 3.63) is 71.6 Å². The highest BCUT2D eigenvalue weighted by Gasteiger charge is 2.34. The van der Waals surface area contributed by atoms with Crippen LogP contribution in [-0.4, -0.2) is 29.5 Å². The third-order valence-electron chi connectivity index (χ3n) is 6.08. The van der Waals surface area contributed by atoms with Crippen LogP contribution in [0.2, 0.25) is 0 Å². The molecule has 0 N–H and O–H groups in total. The number of aromatic nitrogens is 2. The summed E-state index contributed by atoms with van der Waals surface area (Å²) in [5.74, 6) is -2.57. The highest BCUT2D eigenvalue weighted by Crippen LogP contribution is 2.40. The molecule has 0 bridgehead atoms. The maximum atomic E-state index is 13.5. The van der Waals surface area contributed by atoms with Gasteiger partial charge in [0.05, 0.1) is 13.2 Å². The molecular formula is C23H25F3N2O2. The fraction of sp³-hybridized carbons (Fsp3) is 0.478. The van der Waals surface area contributed by atoms with Crippen LogP contribution in [0.3, 0.4) is 0 Å². The largest absolute Gasteiger partial charge is 0.352 e. The van der Waals surface area contributed by atoms with Gasteiger partial charge < -0.3 is 9.47 Å². The highest BCUT2D eigenvalue weighted by molar-refractivity contribution is 5.23. The summed E-state index contributed by atoms with van der Waals surface area (Å²) >= 11 is 0. The topological polar surface area (TPSA) is 44.2 Å². The third kappa shape index (κ3) is 4.57. The van der Waals surface area contributed by atoms with Crippen molar-refractivity contribution in [2.45, 2.75) is 50.2 Å². The van der Waals surface area contributed by atoms with E-state index in [9.17, 15) is 13.2 Å².